The van der Waals surface area contributed by atoms with Crippen molar-refractivity contribution in [2.24, 2.45) is 5.92 Å². The molecule has 0 saturated heterocycles. The van der Waals surface area contributed by atoms with Crippen molar-refractivity contribution >= 4 is 0 Å². The summed E-state index contributed by atoms with van der Waals surface area (Å²) in [6.07, 6.45) is 10.5. The molecule has 4 aliphatic rings. The Hall–Kier alpha value is -3.64. The molecule has 32 heavy (non-hydrogen) atoms. The maximum Gasteiger partial charge on any atom is 0.0540 e. The fourth-order valence-corrected chi connectivity index (χ4v) is 7.35. The van der Waals surface area contributed by atoms with Crippen LogP contribution in [0.4, 0.5) is 0 Å². The molecule has 0 aliphatic heterocycles. The van der Waals surface area contributed by atoms with E-state index in [2.05, 4.69) is 109 Å². The van der Waals surface area contributed by atoms with Crippen LogP contribution in [-0.2, 0) is 11.8 Å². The minimum Gasteiger partial charge on any atom is -0.0789 e. The van der Waals surface area contributed by atoms with Crippen LogP contribution in [0.3, 0.4) is 0 Å². The summed E-state index contributed by atoms with van der Waals surface area (Å²) in [6.45, 7) is 0. The molecule has 3 unspecified atom stereocenters. The SMILES string of the molecule is C1=CC2c3ccccc3C3(c4ccccc4-c4ccc5c(c43)Cc3ccccc3-5)C2C=C1. The Morgan fingerprint density at radius 1 is 0.594 bits per heavy atom. The highest BCUT2D eigenvalue weighted by molar-refractivity contribution is 5.92. The molecule has 0 saturated carbocycles. The molecule has 4 aliphatic carbocycles. The van der Waals surface area contributed by atoms with E-state index in [9.17, 15) is 0 Å². The van der Waals surface area contributed by atoms with Crippen molar-refractivity contribution in [2.75, 3.05) is 0 Å². The highest BCUT2D eigenvalue weighted by Crippen LogP contribution is 2.66. The summed E-state index contributed by atoms with van der Waals surface area (Å²) in [5, 5.41) is 0. The maximum atomic E-state index is 2.48. The lowest BCUT2D eigenvalue weighted by atomic mass is 9.64. The summed E-state index contributed by atoms with van der Waals surface area (Å²) >= 11 is 0. The molecule has 1 spiro atoms. The molecule has 3 atom stereocenters. The predicted octanol–water partition coefficient (Wildman–Crippen LogP) is 7.41. The van der Waals surface area contributed by atoms with Gasteiger partial charge in [0.1, 0.15) is 0 Å². The molecule has 0 amide bonds. The van der Waals surface area contributed by atoms with E-state index in [1.165, 1.54) is 44.5 Å². The van der Waals surface area contributed by atoms with E-state index in [1.807, 2.05) is 0 Å². The van der Waals surface area contributed by atoms with Gasteiger partial charge in [0.2, 0.25) is 0 Å². The summed E-state index contributed by atoms with van der Waals surface area (Å²) in [5.41, 5.74) is 14.6. The van der Waals surface area contributed by atoms with Gasteiger partial charge in [0.05, 0.1) is 5.41 Å². The van der Waals surface area contributed by atoms with Gasteiger partial charge in [-0.2, -0.15) is 0 Å². The smallest absolute Gasteiger partial charge is 0.0540 e. The van der Waals surface area contributed by atoms with Crippen LogP contribution in [0, 0.1) is 5.92 Å². The monoisotopic (exact) mass is 406 g/mol. The Bertz CT molecular complexity index is 1520. The van der Waals surface area contributed by atoms with Crippen LogP contribution in [-0.4, -0.2) is 0 Å². The maximum absolute atomic E-state index is 2.48. The third-order valence-corrected chi connectivity index (χ3v) is 8.40. The van der Waals surface area contributed by atoms with E-state index in [-0.39, 0.29) is 5.41 Å². The van der Waals surface area contributed by atoms with Crippen LogP contribution in [0.5, 0.6) is 0 Å². The summed E-state index contributed by atoms with van der Waals surface area (Å²) in [7, 11) is 0. The van der Waals surface area contributed by atoms with Gasteiger partial charge in [0, 0.05) is 11.8 Å². The molecule has 0 bridgehead atoms. The molecule has 4 aromatic rings. The van der Waals surface area contributed by atoms with Gasteiger partial charge in [0.15, 0.2) is 0 Å². The van der Waals surface area contributed by atoms with E-state index < -0.39 is 0 Å². The first-order valence-corrected chi connectivity index (χ1v) is 11.7. The number of rotatable bonds is 0. The van der Waals surface area contributed by atoms with Crippen molar-refractivity contribution in [3.63, 3.8) is 0 Å². The number of allylic oxidation sites excluding steroid dienone is 4. The van der Waals surface area contributed by atoms with E-state index in [0.29, 0.717) is 11.8 Å². The first kappa shape index (κ1) is 17.0. The quantitative estimate of drug-likeness (QED) is 0.251. The van der Waals surface area contributed by atoms with Gasteiger partial charge in [0.25, 0.3) is 0 Å². The fraction of sp³-hybridized carbons (Fsp3) is 0.125. The highest BCUT2D eigenvalue weighted by Gasteiger charge is 2.58. The second-order valence-corrected chi connectivity index (χ2v) is 9.61. The molecule has 0 heterocycles. The average Bonchev–Trinajstić information content (AvgIpc) is 3.48. The lowest BCUT2D eigenvalue weighted by Gasteiger charge is -2.37. The zero-order valence-electron chi connectivity index (χ0n) is 17.8. The Kier molecular flexibility index (Phi) is 3.07. The Morgan fingerprint density at radius 2 is 1.31 bits per heavy atom. The van der Waals surface area contributed by atoms with Crippen LogP contribution in [0.15, 0.2) is 109 Å². The van der Waals surface area contributed by atoms with Gasteiger partial charge >= 0.3 is 0 Å². The van der Waals surface area contributed by atoms with Gasteiger partial charge in [-0.3, -0.25) is 0 Å². The van der Waals surface area contributed by atoms with Crippen molar-refractivity contribution < 1.29 is 0 Å². The molecule has 0 heteroatoms. The minimum atomic E-state index is -0.123. The van der Waals surface area contributed by atoms with Crippen LogP contribution in [0.25, 0.3) is 22.3 Å². The third kappa shape index (κ3) is 1.79. The van der Waals surface area contributed by atoms with Gasteiger partial charge < -0.3 is 0 Å². The lowest BCUT2D eigenvalue weighted by Crippen LogP contribution is -2.33. The average molecular weight is 407 g/mol. The zero-order valence-corrected chi connectivity index (χ0v) is 17.8. The van der Waals surface area contributed by atoms with Crippen molar-refractivity contribution in [3.05, 3.63) is 143 Å². The molecule has 0 nitrogen and oxygen atoms in total. The number of benzene rings is 4. The van der Waals surface area contributed by atoms with Crippen LogP contribution in [0.1, 0.15) is 39.3 Å². The number of hydrogen-bond acceptors (Lipinski definition) is 0. The van der Waals surface area contributed by atoms with Crippen molar-refractivity contribution in [3.8, 4) is 22.3 Å². The Balaban J connectivity index is 1.55. The van der Waals surface area contributed by atoms with Crippen molar-refractivity contribution in [1.82, 2.24) is 0 Å². The van der Waals surface area contributed by atoms with Gasteiger partial charge in [-0.05, 0) is 62.1 Å². The first-order chi connectivity index (χ1) is 15.9. The molecule has 0 fully saturated rings. The fourth-order valence-electron chi connectivity index (χ4n) is 7.35. The molecule has 150 valence electrons. The summed E-state index contributed by atoms with van der Waals surface area (Å²) in [6, 6.07) is 32.2. The Morgan fingerprint density at radius 3 is 2.25 bits per heavy atom. The van der Waals surface area contributed by atoms with Gasteiger partial charge in [-0.1, -0.05) is 109 Å². The largest absolute Gasteiger partial charge is 0.0789 e. The third-order valence-electron chi connectivity index (χ3n) is 8.40. The van der Waals surface area contributed by atoms with Crippen molar-refractivity contribution in [1.29, 1.82) is 0 Å². The van der Waals surface area contributed by atoms with Crippen LogP contribution < -0.4 is 0 Å². The molecule has 4 aromatic carbocycles. The van der Waals surface area contributed by atoms with E-state index in [0.717, 1.165) is 6.42 Å². The number of hydrogen-bond donors (Lipinski definition) is 0. The Labute approximate surface area is 188 Å². The second kappa shape index (κ2) is 5.78. The summed E-state index contributed by atoms with van der Waals surface area (Å²) < 4.78 is 0. The van der Waals surface area contributed by atoms with Crippen LogP contribution in [0.2, 0.25) is 0 Å². The standard InChI is InChI=1S/C32H22/c1-2-10-21-20(9-1)19-27-22(21)17-18-26-25-13-5-8-16-30(25)32(31(26)27)28-14-6-3-11-23(28)24-12-4-7-15-29(24)32/h1-18,23,28H,19H2. The lowest BCUT2D eigenvalue weighted by molar-refractivity contribution is 0.463. The summed E-state index contributed by atoms with van der Waals surface area (Å²) in [4.78, 5) is 0. The van der Waals surface area contributed by atoms with E-state index in [1.54, 1.807) is 11.1 Å². The minimum absolute atomic E-state index is 0.123. The van der Waals surface area contributed by atoms with E-state index >= 15 is 0 Å². The second-order valence-electron chi connectivity index (χ2n) is 9.61. The van der Waals surface area contributed by atoms with E-state index in [4.69, 9.17) is 0 Å². The molecule has 0 aromatic heterocycles. The van der Waals surface area contributed by atoms with Crippen molar-refractivity contribution in [2.45, 2.75) is 17.8 Å². The first-order valence-electron chi connectivity index (χ1n) is 11.7. The molecule has 0 radical (unpaired) electrons. The highest BCUT2D eigenvalue weighted by atomic mass is 14.6. The van der Waals surface area contributed by atoms with Crippen LogP contribution >= 0.6 is 0 Å². The number of fused-ring (bicyclic) bond motifs is 14. The topological polar surface area (TPSA) is 0 Å². The predicted molar refractivity (Wildman–Crippen MR) is 131 cm³/mol. The zero-order chi connectivity index (χ0) is 20.9. The van der Waals surface area contributed by atoms with Gasteiger partial charge in [-0.25, -0.2) is 0 Å². The summed E-state index contributed by atoms with van der Waals surface area (Å²) in [5.74, 6) is 0.831. The van der Waals surface area contributed by atoms with Gasteiger partial charge in [-0.15, -0.1) is 0 Å². The molecule has 8 rings (SSSR count). The molecule has 0 N–H and O–H groups in total. The normalized spacial score (nSPS) is 24.6. The molecular weight excluding hydrogens is 384 g/mol. The molecular formula is C32H22.